The van der Waals surface area contributed by atoms with Gasteiger partial charge in [-0.25, -0.2) is 4.39 Å². The quantitative estimate of drug-likeness (QED) is 0.442. The molecule has 13 heteroatoms. The van der Waals surface area contributed by atoms with Crippen LogP contribution in [0.2, 0.25) is 0 Å². The Morgan fingerprint density at radius 3 is 1.53 bits per heavy atom. The lowest BCUT2D eigenvalue weighted by molar-refractivity contribution is -0.275. The molecule has 0 fully saturated rings. The van der Waals surface area contributed by atoms with Crippen molar-refractivity contribution >= 4 is 0 Å². The summed E-state index contributed by atoms with van der Waals surface area (Å²) in [7, 11) is 0. The average molecular weight is 464 g/mol. The van der Waals surface area contributed by atoms with E-state index in [2.05, 4.69) is 24.9 Å². The molecule has 0 aliphatic heterocycles. The SMILES string of the molecule is CCC(n1ncnn1)C(F)(c1ccc(OC(F)(F)F)cc1)c1ccc(OC(F)(F)F)cc1. The predicted octanol–water partition coefficient (Wildman–Crippen LogP) is 5.33. The fourth-order valence-corrected chi connectivity index (χ4v) is 3.27. The maximum absolute atomic E-state index is 16.8. The van der Waals surface area contributed by atoms with Crippen molar-refractivity contribution in [2.75, 3.05) is 0 Å². The highest BCUT2D eigenvalue weighted by Gasteiger charge is 2.45. The van der Waals surface area contributed by atoms with Crippen molar-refractivity contribution in [2.45, 2.75) is 37.8 Å². The monoisotopic (exact) mass is 464 g/mol. The Morgan fingerprint density at radius 1 is 0.781 bits per heavy atom. The van der Waals surface area contributed by atoms with Crippen LogP contribution in [0.15, 0.2) is 54.9 Å². The summed E-state index contributed by atoms with van der Waals surface area (Å²) >= 11 is 0. The van der Waals surface area contributed by atoms with Gasteiger partial charge in [0.15, 0.2) is 12.0 Å². The number of hydrogen-bond acceptors (Lipinski definition) is 5. The van der Waals surface area contributed by atoms with Crippen LogP contribution in [0, 0.1) is 0 Å². The molecule has 1 atom stereocenters. The number of nitrogens with zero attached hydrogens (tertiary/aromatic N) is 4. The highest BCUT2D eigenvalue weighted by Crippen LogP contribution is 2.45. The fraction of sp³-hybridized carbons (Fsp3) is 0.316. The summed E-state index contributed by atoms with van der Waals surface area (Å²) in [4.78, 5) is 0.986. The van der Waals surface area contributed by atoms with Crippen molar-refractivity contribution in [1.82, 2.24) is 20.2 Å². The molecule has 0 spiro atoms. The van der Waals surface area contributed by atoms with Gasteiger partial charge in [0.25, 0.3) is 0 Å². The zero-order valence-electron chi connectivity index (χ0n) is 16.2. The Bertz CT molecular complexity index is 945. The number of benzene rings is 2. The first-order chi connectivity index (χ1) is 14.9. The molecular formula is C19H15F7N4O2. The summed E-state index contributed by atoms with van der Waals surface area (Å²) in [5, 5.41) is 11.1. The molecule has 1 heterocycles. The molecule has 0 aliphatic rings. The lowest BCUT2D eigenvalue weighted by atomic mass is 9.81. The first kappa shape index (κ1) is 23.3. The van der Waals surface area contributed by atoms with Gasteiger partial charge in [-0.05, 0) is 47.0 Å². The molecule has 0 N–H and O–H groups in total. The van der Waals surface area contributed by atoms with Gasteiger partial charge < -0.3 is 9.47 Å². The lowest BCUT2D eigenvalue weighted by Gasteiger charge is -2.33. The third-order valence-electron chi connectivity index (χ3n) is 4.51. The minimum atomic E-state index is -4.93. The number of halogens is 7. The predicted molar refractivity (Wildman–Crippen MR) is 95.3 cm³/mol. The average Bonchev–Trinajstić information content (AvgIpc) is 3.21. The van der Waals surface area contributed by atoms with Crippen molar-refractivity contribution in [3.05, 3.63) is 66.0 Å². The van der Waals surface area contributed by atoms with Gasteiger partial charge in [-0.15, -0.1) is 36.5 Å². The molecule has 1 aromatic heterocycles. The normalized spacial score (nSPS) is 13.6. The first-order valence-electron chi connectivity index (χ1n) is 9.06. The van der Waals surface area contributed by atoms with Gasteiger partial charge in [0.05, 0.1) is 0 Å². The van der Waals surface area contributed by atoms with Crippen LogP contribution in [-0.2, 0) is 5.67 Å². The van der Waals surface area contributed by atoms with Crippen LogP contribution in [0.4, 0.5) is 30.7 Å². The molecule has 3 rings (SSSR count). The van der Waals surface area contributed by atoms with E-state index in [0.717, 1.165) is 59.7 Å². The van der Waals surface area contributed by atoms with E-state index in [9.17, 15) is 26.3 Å². The van der Waals surface area contributed by atoms with Crippen LogP contribution in [0.1, 0.15) is 30.5 Å². The number of alkyl halides is 7. The molecule has 0 saturated heterocycles. The smallest absolute Gasteiger partial charge is 0.406 e. The largest absolute Gasteiger partial charge is 0.573 e. The van der Waals surface area contributed by atoms with Gasteiger partial charge in [-0.2, -0.15) is 4.80 Å². The summed E-state index contributed by atoms with van der Waals surface area (Å²) in [5.74, 6) is -1.13. The Labute approximate surface area is 176 Å². The Hall–Kier alpha value is -3.38. The van der Waals surface area contributed by atoms with Gasteiger partial charge in [-0.3, -0.25) is 0 Å². The van der Waals surface area contributed by atoms with Gasteiger partial charge in [-0.1, -0.05) is 31.2 Å². The lowest BCUT2D eigenvalue weighted by Crippen LogP contribution is -2.35. The van der Waals surface area contributed by atoms with Crippen LogP contribution in [-0.4, -0.2) is 32.9 Å². The second kappa shape index (κ2) is 8.63. The maximum atomic E-state index is 16.8. The topological polar surface area (TPSA) is 62.1 Å². The second-order valence-corrected chi connectivity index (χ2v) is 6.54. The summed E-state index contributed by atoms with van der Waals surface area (Å²) in [5.41, 5.74) is -2.65. The van der Waals surface area contributed by atoms with Gasteiger partial charge in [0, 0.05) is 0 Å². The summed E-state index contributed by atoms with van der Waals surface area (Å²) in [6.07, 6.45) is -8.68. The zero-order valence-corrected chi connectivity index (χ0v) is 16.2. The molecule has 0 saturated carbocycles. The van der Waals surface area contributed by atoms with Crippen molar-refractivity contribution in [1.29, 1.82) is 0 Å². The molecule has 3 aromatic rings. The fourth-order valence-electron chi connectivity index (χ4n) is 3.27. The van der Waals surface area contributed by atoms with E-state index >= 15 is 4.39 Å². The second-order valence-electron chi connectivity index (χ2n) is 6.54. The van der Waals surface area contributed by atoms with Crippen molar-refractivity contribution in [2.24, 2.45) is 0 Å². The van der Waals surface area contributed by atoms with Gasteiger partial charge >= 0.3 is 12.7 Å². The molecule has 0 aliphatic carbocycles. The van der Waals surface area contributed by atoms with Crippen LogP contribution >= 0.6 is 0 Å². The minimum absolute atomic E-state index is 0.0966. The number of rotatable bonds is 7. The number of hydrogen-bond donors (Lipinski definition) is 0. The van der Waals surface area contributed by atoms with Crippen molar-refractivity contribution in [3.8, 4) is 11.5 Å². The molecule has 172 valence electrons. The standard InChI is InChI=1S/C19H15F7N4O2/c1-2-16(30-28-11-27-29-30)17(20,12-3-7-14(8-4-12)31-18(21,22)23)13-5-9-15(10-6-13)32-19(24,25)26/h3-11,16H,2H2,1H3. The van der Waals surface area contributed by atoms with Crippen LogP contribution in [0.5, 0.6) is 11.5 Å². The summed E-state index contributed by atoms with van der Waals surface area (Å²) in [6.45, 7) is 1.62. The number of ether oxygens (including phenoxy) is 2. The Balaban J connectivity index is 2.06. The molecule has 2 aromatic carbocycles. The molecule has 0 radical (unpaired) electrons. The maximum Gasteiger partial charge on any atom is 0.573 e. The molecule has 1 unspecified atom stereocenters. The van der Waals surface area contributed by atoms with Crippen molar-refractivity contribution in [3.63, 3.8) is 0 Å². The third-order valence-corrected chi connectivity index (χ3v) is 4.51. The van der Waals surface area contributed by atoms with Crippen LogP contribution < -0.4 is 9.47 Å². The van der Waals surface area contributed by atoms with Gasteiger partial charge in [0.1, 0.15) is 17.5 Å². The van der Waals surface area contributed by atoms with E-state index in [4.69, 9.17) is 0 Å². The highest BCUT2D eigenvalue weighted by atomic mass is 19.4. The summed E-state index contributed by atoms with van der Waals surface area (Å²) in [6, 6.07) is 6.93. The van der Waals surface area contributed by atoms with Gasteiger partial charge in [0.2, 0.25) is 0 Å². The van der Waals surface area contributed by atoms with E-state index < -0.39 is 35.9 Å². The molecular weight excluding hydrogens is 449 g/mol. The number of aromatic nitrogens is 4. The molecule has 32 heavy (non-hydrogen) atoms. The van der Waals surface area contributed by atoms with Crippen molar-refractivity contribution < 1.29 is 40.2 Å². The van der Waals surface area contributed by atoms with E-state index in [1.54, 1.807) is 6.92 Å². The number of tetrazole rings is 1. The van der Waals surface area contributed by atoms with E-state index in [0.29, 0.717) is 0 Å². The van der Waals surface area contributed by atoms with E-state index in [1.807, 2.05) is 0 Å². The van der Waals surface area contributed by atoms with Crippen LogP contribution in [0.3, 0.4) is 0 Å². The zero-order chi connectivity index (χ0) is 23.6. The van der Waals surface area contributed by atoms with Crippen LogP contribution in [0.25, 0.3) is 0 Å². The third kappa shape index (κ3) is 5.26. The molecule has 6 nitrogen and oxygen atoms in total. The minimum Gasteiger partial charge on any atom is -0.406 e. The Morgan fingerprint density at radius 2 is 1.22 bits per heavy atom. The summed E-state index contributed by atoms with van der Waals surface area (Å²) < 4.78 is 99.1. The first-order valence-corrected chi connectivity index (χ1v) is 9.06. The van der Waals surface area contributed by atoms with E-state index in [-0.39, 0.29) is 17.5 Å². The van der Waals surface area contributed by atoms with E-state index in [1.165, 1.54) is 0 Å². The molecule has 0 amide bonds. The molecule has 0 bridgehead atoms. The highest BCUT2D eigenvalue weighted by molar-refractivity contribution is 5.42. The Kier molecular flexibility index (Phi) is 6.28.